The average molecular weight is 748 g/mol. The van der Waals surface area contributed by atoms with Crippen molar-refractivity contribution in [2.75, 3.05) is 0 Å². The summed E-state index contributed by atoms with van der Waals surface area (Å²) in [5.41, 5.74) is 0.322. The third kappa shape index (κ3) is 3.22. The van der Waals surface area contributed by atoms with Crippen molar-refractivity contribution in [1.82, 2.24) is 0 Å². The molecule has 3 aromatic carbocycles. The van der Waals surface area contributed by atoms with E-state index in [1.54, 1.807) is 6.92 Å². The van der Waals surface area contributed by atoms with E-state index in [1.807, 2.05) is 0 Å². The van der Waals surface area contributed by atoms with Crippen LogP contribution in [-0.2, 0) is 0 Å². The van der Waals surface area contributed by atoms with Gasteiger partial charge in [0, 0.05) is 0 Å². The summed E-state index contributed by atoms with van der Waals surface area (Å²) >= 11 is 70.1. The van der Waals surface area contributed by atoms with E-state index in [1.165, 1.54) is 0 Å². The van der Waals surface area contributed by atoms with E-state index in [0.717, 1.165) is 0 Å². The Balaban J connectivity index is 1.72. The zero-order valence-corrected chi connectivity index (χ0v) is 26.3. The maximum absolute atomic E-state index is 6.75. The van der Waals surface area contributed by atoms with Crippen molar-refractivity contribution in [3.8, 4) is 34.5 Å². The Morgan fingerprint density at radius 3 is 0.811 bits per heavy atom. The molecule has 0 aromatic heterocycles. The van der Waals surface area contributed by atoms with Crippen LogP contribution >= 0.6 is 135 Å². The van der Waals surface area contributed by atoms with Gasteiger partial charge in [0.15, 0.2) is 0 Å². The molecule has 37 heavy (non-hydrogen) atoms. The van der Waals surface area contributed by atoms with Gasteiger partial charge in [-0.1, -0.05) is 0 Å². The topological polar surface area (TPSA) is 55.4 Å². The minimum atomic E-state index is -6.75. The third-order valence-electron chi connectivity index (χ3n) is 5.49. The number of hydrogen-bond donors (Lipinski definition) is 0. The van der Waals surface area contributed by atoms with Gasteiger partial charge in [-0.25, -0.2) is 0 Å². The van der Waals surface area contributed by atoms with Crippen LogP contribution in [0.15, 0.2) is 0 Å². The van der Waals surface area contributed by atoms with Crippen molar-refractivity contribution in [2.45, 2.75) is 6.92 Å². The molecular weight excluding hydrogens is 745 g/mol. The van der Waals surface area contributed by atoms with Gasteiger partial charge in [0.05, 0.1) is 0 Å². The fourth-order valence-corrected chi connectivity index (χ4v) is 10.5. The van der Waals surface area contributed by atoms with Crippen LogP contribution in [0.4, 0.5) is 0 Å². The number of fused-ring (bicyclic) bond motifs is 3. The third-order valence-corrected chi connectivity index (χ3v) is 13.7. The van der Waals surface area contributed by atoms with Crippen molar-refractivity contribution in [3.63, 3.8) is 0 Å². The zero-order chi connectivity index (χ0) is 27.0. The van der Waals surface area contributed by atoms with Gasteiger partial charge >= 0.3 is 264 Å². The second-order valence-corrected chi connectivity index (χ2v) is 15.2. The molecular formula is C19H3Cl11O6P-. The van der Waals surface area contributed by atoms with Crippen molar-refractivity contribution in [2.24, 2.45) is 0 Å². The second kappa shape index (κ2) is 7.88. The Labute approximate surface area is 262 Å². The maximum atomic E-state index is 6.55. The van der Waals surface area contributed by atoms with Crippen LogP contribution in [0.25, 0.3) is 0 Å². The van der Waals surface area contributed by atoms with Crippen LogP contribution in [0.3, 0.4) is 0 Å². The number of benzene rings is 3. The van der Waals surface area contributed by atoms with E-state index in [4.69, 9.17) is 155 Å². The molecule has 6 nitrogen and oxygen atoms in total. The normalized spacial score (nSPS) is 20.1. The van der Waals surface area contributed by atoms with Gasteiger partial charge in [-0.2, -0.15) is 0 Å². The molecule has 0 unspecified atom stereocenters. The van der Waals surface area contributed by atoms with Gasteiger partial charge in [-0.15, -0.1) is 0 Å². The quantitative estimate of drug-likeness (QED) is 0.130. The molecule has 0 bridgehead atoms. The summed E-state index contributed by atoms with van der Waals surface area (Å²) in [7, 11) is -6.75. The summed E-state index contributed by atoms with van der Waals surface area (Å²) in [5, 5.41) is -1.92. The molecule has 18 heteroatoms. The molecule has 3 aliphatic heterocycles. The number of halogens is 11. The van der Waals surface area contributed by atoms with Crippen molar-refractivity contribution in [1.29, 1.82) is 0 Å². The fraction of sp³-hybridized carbons (Fsp3) is 0.0526. The van der Waals surface area contributed by atoms with E-state index in [-0.39, 0.29) is 89.7 Å². The molecule has 3 aliphatic rings. The Bertz CT molecular complexity index is 1350. The molecule has 6 rings (SSSR count). The summed E-state index contributed by atoms with van der Waals surface area (Å²) < 4.78 is 37.2. The minimum absolute atomic E-state index is 0.0292. The zero-order valence-electron chi connectivity index (χ0n) is 17.1. The summed E-state index contributed by atoms with van der Waals surface area (Å²) in [6.45, 7) is 1.58. The number of hydrogen-bond acceptors (Lipinski definition) is 6. The van der Waals surface area contributed by atoms with E-state index < -0.39 is 7.31 Å². The van der Waals surface area contributed by atoms with E-state index in [0.29, 0.717) is 5.56 Å². The van der Waals surface area contributed by atoms with Gasteiger partial charge in [-0.3, -0.25) is 0 Å². The first kappa shape index (κ1) is 27.3. The Morgan fingerprint density at radius 1 is 0.324 bits per heavy atom. The van der Waals surface area contributed by atoms with E-state index in [2.05, 4.69) is 0 Å². The van der Waals surface area contributed by atoms with Crippen LogP contribution in [-0.4, -0.2) is 0 Å². The molecule has 0 amide bonds. The molecule has 0 saturated carbocycles. The van der Waals surface area contributed by atoms with Gasteiger partial charge in [-0.05, 0) is 0 Å². The molecule has 0 aliphatic carbocycles. The van der Waals surface area contributed by atoms with Gasteiger partial charge in [0.25, 0.3) is 0 Å². The Morgan fingerprint density at radius 2 is 0.541 bits per heavy atom. The predicted molar refractivity (Wildman–Crippen MR) is 150 cm³/mol. The SMILES string of the molecule is Cc1c(Cl)c(Cl)c2c(c1Cl)O[P-]13(O2)(Oc2c(Cl)c(Cl)c(Cl)c(Cl)c2O1)Oc1c(Cl)c(Cl)c(Cl)c(Cl)c1O3. The molecule has 0 atom stereocenters. The van der Waals surface area contributed by atoms with Gasteiger partial charge in [0.2, 0.25) is 0 Å². The van der Waals surface area contributed by atoms with Gasteiger partial charge in [0.1, 0.15) is 0 Å². The fourth-order valence-electron chi connectivity index (χ4n) is 3.80. The molecule has 198 valence electrons. The van der Waals surface area contributed by atoms with Crippen LogP contribution in [0.1, 0.15) is 5.56 Å². The van der Waals surface area contributed by atoms with Crippen LogP contribution in [0, 0.1) is 6.92 Å². The van der Waals surface area contributed by atoms with Crippen LogP contribution in [0.2, 0.25) is 55.2 Å². The number of rotatable bonds is 0. The molecule has 0 N–H and O–H groups in total. The second-order valence-electron chi connectivity index (χ2n) is 7.72. The Kier molecular flexibility index (Phi) is 5.80. The van der Waals surface area contributed by atoms with Crippen molar-refractivity contribution >= 4 is 135 Å². The standard InChI is InChI=1S/C19H3Cl11O6P/c1-2-3(20)9(26)15-14(4(2)21)31-37(32-15,33-16-10(27)5(22)6(23)11(28)17(16)34-37)35-18-12(29)7(24)8(25)13(30)19(18)36-37/h1H3/q-1. The summed E-state index contributed by atoms with van der Waals surface area (Å²) in [6, 6.07) is 0. The van der Waals surface area contributed by atoms with Crippen molar-refractivity contribution < 1.29 is 27.1 Å². The average Bonchev–Trinajstić information content (AvgIpc) is 3.48. The monoisotopic (exact) mass is 743 g/mol. The first-order valence-corrected chi connectivity index (χ1v) is 15.7. The predicted octanol–water partition coefficient (Wildman–Crippen LogP) is 12.5. The van der Waals surface area contributed by atoms with Crippen LogP contribution in [0.5, 0.6) is 34.5 Å². The molecule has 0 fully saturated rings. The Hall–Kier alpha value is 0.0800. The summed E-state index contributed by atoms with van der Waals surface area (Å²) in [4.78, 5) is 0. The van der Waals surface area contributed by atoms with Gasteiger partial charge < -0.3 is 0 Å². The van der Waals surface area contributed by atoms with Crippen molar-refractivity contribution in [3.05, 3.63) is 60.8 Å². The molecule has 1 spiro atoms. The first-order valence-electron chi connectivity index (χ1n) is 9.40. The summed E-state index contributed by atoms with van der Waals surface area (Å²) in [6.07, 6.45) is 0. The molecule has 0 saturated heterocycles. The summed E-state index contributed by atoms with van der Waals surface area (Å²) in [5.74, 6) is -1.78. The molecule has 0 radical (unpaired) electrons. The molecule has 3 heterocycles. The molecule has 3 aromatic rings. The van der Waals surface area contributed by atoms with E-state index >= 15 is 0 Å². The van der Waals surface area contributed by atoms with Crippen LogP contribution < -0.4 is 27.1 Å². The van der Waals surface area contributed by atoms with E-state index in [9.17, 15) is 0 Å². The first-order chi connectivity index (χ1) is 17.1.